The number of halogens is 2. The van der Waals surface area contributed by atoms with Crippen LogP contribution in [0, 0.1) is 6.92 Å². The van der Waals surface area contributed by atoms with Gasteiger partial charge in [-0.3, -0.25) is 9.58 Å². The van der Waals surface area contributed by atoms with E-state index in [1.54, 1.807) is 6.92 Å². The van der Waals surface area contributed by atoms with Crippen molar-refractivity contribution >= 4 is 23.2 Å². The van der Waals surface area contributed by atoms with E-state index in [-0.39, 0.29) is 5.92 Å². The maximum atomic E-state index is 11.2. The van der Waals surface area contributed by atoms with Gasteiger partial charge in [0.2, 0.25) is 11.7 Å². The topological polar surface area (TPSA) is 104 Å². The average Bonchev–Trinajstić information content (AvgIpc) is 3.61. The number of piperidine rings is 1. The van der Waals surface area contributed by atoms with Crippen LogP contribution in [0.4, 0.5) is 0 Å². The Labute approximate surface area is 255 Å². The van der Waals surface area contributed by atoms with Crippen molar-refractivity contribution in [3.05, 3.63) is 75.2 Å². The fourth-order valence-corrected chi connectivity index (χ4v) is 6.28. The first-order valence-corrected chi connectivity index (χ1v) is 15.3. The molecule has 11 heteroatoms. The first-order chi connectivity index (χ1) is 20.2. The normalized spacial score (nSPS) is 18.2. The Bertz CT molecular complexity index is 1530. The molecule has 2 aromatic carbocycles. The van der Waals surface area contributed by atoms with Gasteiger partial charge in [-0.2, -0.15) is 10.1 Å². The highest BCUT2D eigenvalue weighted by Crippen LogP contribution is 2.33. The summed E-state index contributed by atoms with van der Waals surface area (Å²) in [7, 11) is 0. The van der Waals surface area contributed by atoms with Crippen LogP contribution in [0.15, 0.2) is 47.0 Å². The molecule has 9 nitrogen and oxygen atoms in total. The Balaban J connectivity index is 1.10. The number of nitrogens with zero attached hydrogens (tertiary/aromatic N) is 6. The summed E-state index contributed by atoms with van der Waals surface area (Å²) < 4.78 is 7.59. The lowest BCUT2D eigenvalue weighted by atomic mass is 9.96. The molecule has 0 saturated carbocycles. The second-order valence-corrected chi connectivity index (χ2v) is 12.3. The van der Waals surface area contributed by atoms with Crippen LogP contribution < -0.4 is 0 Å². The fourth-order valence-electron chi connectivity index (χ4n) is 6.04. The third-order valence-electron chi connectivity index (χ3n) is 8.46. The molecule has 0 amide bonds. The second-order valence-electron chi connectivity index (χ2n) is 11.5. The Morgan fingerprint density at radius 2 is 1.74 bits per heavy atom. The lowest BCUT2D eigenvalue weighted by molar-refractivity contribution is 0.00842. The molecule has 0 bridgehead atoms. The molecule has 1 fully saturated rings. The third kappa shape index (κ3) is 6.27. The molecule has 1 saturated heterocycles. The van der Waals surface area contributed by atoms with Crippen LogP contribution in [-0.4, -0.2) is 78.4 Å². The number of β-amino-alcohol motifs (C(OH)–C–C–N with tert-alkyl or cyclic N) is 1. The summed E-state index contributed by atoms with van der Waals surface area (Å²) in [6.45, 7) is 7.81. The molecule has 2 atom stereocenters. The first kappa shape index (κ1) is 29.3. The van der Waals surface area contributed by atoms with Gasteiger partial charge in [-0.1, -0.05) is 34.4 Å². The Morgan fingerprint density at radius 3 is 2.45 bits per heavy atom. The summed E-state index contributed by atoms with van der Waals surface area (Å²) in [6, 6.07) is 13.4. The predicted octanol–water partition coefficient (Wildman–Crippen LogP) is 5.15. The number of likely N-dealkylation sites (tertiary alicyclic amines) is 1. The average molecular weight is 612 g/mol. The smallest absolute Gasteiger partial charge is 0.230 e. The van der Waals surface area contributed by atoms with Crippen LogP contribution >= 0.6 is 23.2 Å². The molecule has 0 radical (unpaired) electrons. The van der Waals surface area contributed by atoms with Crippen LogP contribution in [0.3, 0.4) is 0 Å². The molecular formula is C31H36Cl2N6O3. The molecule has 42 heavy (non-hydrogen) atoms. The van der Waals surface area contributed by atoms with E-state index < -0.39 is 12.3 Å². The minimum absolute atomic E-state index is 0.201. The summed E-state index contributed by atoms with van der Waals surface area (Å²) in [5, 5.41) is 32.0. The zero-order chi connectivity index (χ0) is 29.4. The third-order valence-corrected chi connectivity index (χ3v) is 9.13. The molecule has 4 heterocycles. The standard InChI is InChI=1S/C31H36Cl2N6O3/c1-19-15-23(5-8-27(19)33)29-26-18-38(20(2)40)14-11-28(26)39(35-29)17-25(41)16-37-12-9-22(10-13-37)31-34-30(36-42-31)21-3-6-24(32)7-4-21/h3-8,15,20,22,25,40-41H,9-14,16-18H2,1-2H3. The van der Waals surface area contributed by atoms with Gasteiger partial charge >= 0.3 is 0 Å². The predicted molar refractivity (Wildman–Crippen MR) is 162 cm³/mol. The highest BCUT2D eigenvalue weighted by Gasteiger charge is 2.30. The summed E-state index contributed by atoms with van der Waals surface area (Å²) in [5.41, 5.74) is 5.99. The number of aliphatic hydroxyl groups excluding tert-OH is 2. The molecule has 0 spiro atoms. The monoisotopic (exact) mass is 610 g/mol. The number of hydrogen-bond acceptors (Lipinski definition) is 8. The highest BCUT2D eigenvalue weighted by atomic mass is 35.5. The van der Waals surface area contributed by atoms with Gasteiger partial charge in [0.15, 0.2) is 0 Å². The van der Waals surface area contributed by atoms with Crippen molar-refractivity contribution in [2.24, 2.45) is 0 Å². The van der Waals surface area contributed by atoms with Gasteiger partial charge in [-0.05, 0) is 81.7 Å². The molecule has 2 aliphatic rings. The Morgan fingerprint density at radius 1 is 1.00 bits per heavy atom. The van der Waals surface area contributed by atoms with E-state index >= 15 is 0 Å². The van der Waals surface area contributed by atoms with Gasteiger partial charge in [0.1, 0.15) is 6.23 Å². The van der Waals surface area contributed by atoms with Crippen LogP contribution in [0.1, 0.15) is 48.4 Å². The maximum Gasteiger partial charge on any atom is 0.230 e. The second kappa shape index (κ2) is 12.4. The minimum Gasteiger partial charge on any atom is -0.390 e. The largest absolute Gasteiger partial charge is 0.390 e. The number of rotatable bonds is 8. The van der Waals surface area contributed by atoms with E-state index in [4.69, 9.17) is 32.8 Å². The molecule has 6 rings (SSSR count). The summed E-state index contributed by atoms with van der Waals surface area (Å²) in [4.78, 5) is 8.99. The van der Waals surface area contributed by atoms with Crippen LogP contribution in [-0.2, 0) is 19.5 Å². The van der Waals surface area contributed by atoms with Gasteiger partial charge in [0.25, 0.3) is 0 Å². The molecule has 0 aliphatic carbocycles. The quantitative estimate of drug-likeness (QED) is 0.282. The molecule has 2 N–H and O–H groups in total. The van der Waals surface area contributed by atoms with Crippen LogP contribution in [0.5, 0.6) is 0 Å². The minimum atomic E-state index is -0.569. The highest BCUT2D eigenvalue weighted by molar-refractivity contribution is 6.31. The number of fused-ring (bicyclic) bond motifs is 1. The van der Waals surface area contributed by atoms with E-state index in [0.29, 0.717) is 36.4 Å². The molecule has 2 aliphatic heterocycles. The lowest BCUT2D eigenvalue weighted by Crippen LogP contribution is -2.40. The number of aryl methyl sites for hydroxylation is 1. The van der Waals surface area contributed by atoms with Gasteiger partial charge in [0.05, 0.1) is 18.3 Å². The van der Waals surface area contributed by atoms with Crippen molar-refractivity contribution in [1.82, 2.24) is 29.7 Å². The molecule has 222 valence electrons. The number of aliphatic hydroxyl groups is 2. The number of benzene rings is 2. The molecular weight excluding hydrogens is 575 g/mol. The number of aromatic nitrogens is 4. The zero-order valence-corrected chi connectivity index (χ0v) is 25.4. The first-order valence-electron chi connectivity index (χ1n) is 14.5. The van der Waals surface area contributed by atoms with E-state index in [1.807, 2.05) is 52.9 Å². The Hall–Kier alpha value is -2.79. The van der Waals surface area contributed by atoms with Crippen molar-refractivity contribution in [3.8, 4) is 22.6 Å². The molecule has 4 aromatic rings. The zero-order valence-electron chi connectivity index (χ0n) is 23.9. The van der Waals surface area contributed by atoms with Crippen LogP contribution in [0.2, 0.25) is 10.0 Å². The van der Waals surface area contributed by atoms with Crippen molar-refractivity contribution in [1.29, 1.82) is 0 Å². The molecule has 2 unspecified atom stereocenters. The van der Waals surface area contributed by atoms with E-state index in [2.05, 4.69) is 21.1 Å². The molecule has 2 aromatic heterocycles. The summed E-state index contributed by atoms with van der Waals surface area (Å²) in [6.07, 6.45) is 1.44. The SMILES string of the molecule is Cc1cc(-c2nn(CC(O)CN3CCC(c4nc(-c5ccc(Cl)cc5)no4)CC3)c3c2CN(C(C)O)CC3)ccc1Cl. The van der Waals surface area contributed by atoms with E-state index in [1.165, 1.54) is 0 Å². The number of hydrogen-bond donors (Lipinski definition) is 2. The summed E-state index contributed by atoms with van der Waals surface area (Å²) >= 11 is 12.3. The van der Waals surface area contributed by atoms with Crippen molar-refractivity contribution in [2.75, 3.05) is 26.2 Å². The van der Waals surface area contributed by atoms with Crippen molar-refractivity contribution in [2.45, 2.75) is 64.4 Å². The fraction of sp³-hybridized carbons (Fsp3) is 0.452. The van der Waals surface area contributed by atoms with Crippen molar-refractivity contribution in [3.63, 3.8) is 0 Å². The van der Waals surface area contributed by atoms with Gasteiger partial charge in [-0.15, -0.1) is 0 Å². The maximum absolute atomic E-state index is 11.2. The van der Waals surface area contributed by atoms with Gasteiger partial charge in [-0.25, -0.2) is 0 Å². The van der Waals surface area contributed by atoms with E-state index in [0.717, 1.165) is 77.6 Å². The lowest BCUT2D eigenvalue weighted by Gasteiger charge is -2.32. The van der Waals surface area contributed by atoms with Gasteiger partial charge < -0.3 is 19.6 Å². The van der Waals surface area contributed by atoms with Gasteiger partial charge in [0, 0.05) is 64.4 Å². The van der Waals surface area contributed by atoms with Crippen molar-refractivity contribution < 1.29 is 14.7 Å². The van der Waals surface area contributed by atoms with E-state index in [9.17, 15) is 10.2 Å². The van der Waals surface area contributed by atoms with Crippen LogP contribution in [0.25, 0.3) is 22.6 Å². The summed E-state index contributed by atoms with van der Waals surface area (Å²) in [5.74, 6) is 1.44. The Kier molecular flexibility index (Phi) is 8.68.